The minimum Gasteiger partial charge on any atom is -0.494 e. The summed E-state index contributed by atoms with van der Waals surface area (Å²) in [6.07, 6.45) is 4.64. The smallest absolute Gasteiger partial charge is 0.119 e. The van der Waals surface area contributed by atoms with Gasteiger partial charge in [-0.3, -0.25) is 4.98 Å². The molecule has 3 nitrogen and oxygen atoms in total. The predicted octanol–water partition coefficient (Wildman–Crippen LogP) is 3.20. The summed E-state index contributed by atoms with van der Waals surface area (Å²) < 4.78 is 5.64. The van der Waals surface area contributed by atoms with Crippen LogP contribution in [0.15, 0.2) is 54.9 Å². The van der Waals surface area contributed by atoms with Gasteiger partial charge in [0.05, 0.1) is 6.61 Å². The molecule has 2 aromatic rings. The lowest BCUT2D eigenvalue weighted by atomic mass is 10.1. The quantitative estimate of drug-likeness (QED) is 0.772. The van der Waals surface area contributed by atoms with Gasteiger partial charge in [0.1, 0.15) is 5.75 Å². The number of aromatic nitrogens is 1. The molecule has 2 rings (SSSR count). The lowest BCUT2D eigenvalue weighted by molar-refractivity contribution is 0.305. The number of benzene rings is 1. The van der Waals surface area contributed by atoms with Gasteiger partial charge >= 0.3 is 0 Å². The summed E-state index contributed by atoms with van der Waals surface area (Å²) in [6, 6.07) is 14.3. The first-order valence-electron chi connectivity index (χ1n) is 6.67. The zero-order chi connectivity index (χ0) is 13.3. The molecule has 0 radical (unpaired) electrons. The third-order valence-corrected chi connectivity index (χ3v) is 2.99. The minimum atomic E-state index is 0.347. The van der Waals surface area contributed by atoms with Crippen molar-refractivity contribution in [1.82, 2.24) is 10.3 Å². The second kappa shape index (κ2) is 7.54. The molecular weight excluding hydrogens is 236 g/mol. The summed E-state index contributed by atoms with van der Waals surface area (Å²) >= 11 is 0. The van der Waals surface area contributed by atoms with Crippen molar-refractivity contribution in [2.24, 2.45) is 0 Å². The molecule has 0 spiro atoms. The Bertz CT molecular complexity index is 459. The van der Waals surface area contributed by atoms with Gasteiger partial charge in [-0.15, -0.1) is 0 Å². The number of para-hydroxylation sites is 1. The molecule has 0 amide bonds. The second-order valence-electron chi connectivity index (χ2n) is 4.47. The van der Waals surface area contributed by atoms with Crippen molar-refractivity contribution < 1.29 is 4.74 Å². The Labute approximate surface area is 114 Å². The summed E-state index contributed by atoms with van der Waals surface area (Å²) in [5, 5.41) is 3.48. The molecule has 1 aromatic carbocycles. The van der Waals surface area contributed by atoms with Crippen LogP contribution in [0.5, 0.6) is 5.75 Å². The Morgan fingerprint density at radius 1 is 1.11 bits per heavy atom. The maximum atomic E-state index is 5.64. The van der Waals surface area contributed by atoms with Gasteiger partial charge in [0.15, 0.2) is 0 Å². The summed E-state index contributed by atoms with van der Waals surface area (Å²) in [5.41, 5.74) is 1.26. The van der Waals surface area contributed by atoms with Crippen molar-refractivity contribution in [1.29, 1.82) is 0 Å². The molecule has 0 aliphatic rings. The van der Waals surface area contributed by atoms with Gasteiger partial charge in [-0.1, -0.05) is 18.2 Å². The molecule has 1 aromatic heterocycles. The van der Waals surface area contributed by atoms with Crippen LogP contribution in [0.2, 0.25) is 0 Å². The normalized spacial score (nSPS) is 12.1. The fourth-order valence-electron chi connectivity index (χ4n) is 1.87. The third-order valence-electron chi connectivity index (χ3n) is 2.99. The van der Waals surface area contributed by atoms with Crippen molar-refractivity contribution >= 4 is 0 Å². The molecule has 1 unspecified atom stereocenters. The zero-order valence-electron chi connectivity index (χ0n) is 11.3. The van der Waals surface area contributed by atoms with Crippen LogP contribution < -0.4 is 10.1 Å². The molecule has 3 heteroatoms. The average Bonchev–Trinajstić information content (AvgIpc) is 2.49. The molecule has 100 valence electrons. The highest BCUT2D eigenvalue weighted by Gasteiger charge is 2.02. The van der Waals surface area contributed by atoms with E-state index in [1.807, 2.05) is 54.9 Å². The molecule has 19 heavy (non-hydrogen) atoms. The van der Waals surface area contributed by atoms with Gasteiger partial charge in [0.2, 0.25) is 0 Å². The van der Waals surface area contributed by atoms with E-state index in [1.165, 1.54) is 5.56 Å². The Morgan fingerprint density at radius 3 is 2.58 bits per heavy atom. The van der Waals surface area contributed by atoms with Crippen molar-refractivity contribution in [3.63, 3.8) is 0 Å². The number of nitrogens with zero attached hydrogens (tertiary/aromatic N) is 1. The fraction of sp³-hybridized carbons (Fsp3) is 0.312. The van der Waals surface area contributed by atoms with Crippen LogP contribution in [0.25, 0.3) is 0 Å². The van der Waals surface area contributed by atoms with Crippen LogP contribution in [0, 0.1) is 0 Å². The van der Waals surface area contributed by atoms with Gasteiger partial charge in [0, 0.05) is 18.4 Å². The highest BCUT2D eigenvalue weighted by molar-refractivity contribution is 5.20. The van der Waals surface area contributed by atoms with Crippen molar-refractivity contribution in [2.75, 3.05) is 13.2 Å². The lowest BCUT2D eigenvalue weighted by Gasteiger charge is -2.14. The Morgan fingerprint density at radius 2 is 1.84 bits per heavy atom. The van der Waals surface area contributed by atoms with Gasteiger partial charge in [-0.25, -0.2) is 0 Å². The van der Waals surface area contributed by atoms with Gasteiger partial charge in [-0.2, -0.15) is 0 Å². The number of nitrogens with one attached hydrogen (secondary N) is 1. The van der Waals surface area contributed by atoms with Gasteiger partial charge in [0.25, 0.3) is 0 Å². The van der Waals surface area contributed by atoms with Crippen LogP contribution in [0.1, 0.15) is 24.9 Å². The van der Waals surface area contributed by atoms with Crippen LogP contribution in [-0.4, -0.2) is 18.1 Å². The molecular formula is C16H20N2O. The molecule has 1 atom stereocenters. The van der Waals surface area contributed by atoms with Gasteiger partial charge < -0.3 is 10.1 Å². The molecule has 1 heterocycles. The molecule has 0 fully saturated rings. The van der Waals surface area contributed by atoms with E-state index in [0.717, 1.165) is 25.3 Å². The topological polar surface area (TPSA) is 34.1 Å². The molecule has 0 aliphatic carbocycles. The molecule has 0 aliphatic heterocycles. The molecule has 0 saturated carbocycles. The standard InChI is InChI=1S/C16H20N2O/c1-14(15-8-11-17-12-9-15)18-10-5-13-19-16-6-3-2-4-7-16/h2-4,6-9,11-12,14,18H,5,10,13H2,1H3. The monoisotopic (exact) mass is 256 g/mol. The van der Waals surface area contributed by atoms with E-state index in [0.29, 0.717) is 6.04 Å². The van der Waals surface area contributed by atoms with E-state index < -0.39 is 0 Å². The van der Waals surface area contributed by atoms with E-state index in [2.05, 4.69) is 17.2 Å². The first-order valence-corrected chi connectivity index (χ1v) is 6.67. The van der Waals surface area contributed by atoms with E-state index in [1.54, 1.807) is 0 Å². The van der Waals surface area contributed by atoms with Gasteiger partial charge in [-0.05, 0) is 49.7 Å². The highest BCUT2D eigenvalue weighted by atomic mass is 16.5. The summed E-state index contributed by atoms with van der Waals surface area (Å²) in [6.45, 7) is 3.84. The van der Waals surface area contributed by atoms with Crippen molar-refractivity contribution in [3.8, 4) is 5.75 Å². The minimum absolute atomic E-state index is 0.347. The van der Waals surface area contributed by atoms with E-state index in [-0.39, 0.29) is 0 Å². The first kappa shape index (κ1) is 13.6. The molecule has 0 saturated heterocycles. The second-order valence-corrected chi connectivity index (χ2v) is 4.47. The SMILES string of the molecule is CC(NCCCOc1ccccc1)c1ccncc1. The molecule has 1 N–H and O–H groups in total. The maximum absolute atomic E-state index is 5.64. The first-order chi connectivity index (χ1) is 9.36. The number of ether oxygens (including phenoxy) is 1. The van der Waals surface area contributed by atoms with Crippen LogP contribution >= 0.6 is 0 Å². The van der Waals surface area contributed by atoms with E-state index in [4.69, 9.17) is 4.74 Å². The largest absolute Gasteiger partial charge is 0.494 e. The fourth-order valence-corrected chi connectivity index (χ4v) is 1.87. The van der Waals surface area contributed by atoms with Crippen LogP contribution in [0.3, 0.4) is 0 Å². The summed E-state index contributed by atoms with van der Waals surface area (Å²) in [5.74, 6) is 0.935. The Hall–Kier alpha value is -1.87. The number of hydrogen-bond donors (Lipinski definition) is 1. The summed E-state index contributed by atoms with van der Waals surface area (Å²) in [7, 11) is 0. The lowest BCUT2D eigenvalue weighted by Crippen LogP contribution is -2.21. The number of hydrogen-bond acceptors (Lipinski definition) is 3. The zero-order valence-corrected chi connectivity index (χ0v) is 11.3. The Balaban J connectivity index is 1.62. The number of rotatable bonds is 7. The van der Waals surface area contributed by atoms with Crippen molar-refractivity contribution in [2.45, 2.75) is 19.4 Å². The third kappa shape index (κ3) is 4.72. The van der Waals surface area contributed by atoms with E-state index >= 15 is 0 Å². The van der Waals surface area contributed by atoms with Crippen LogP contribution in [0.4, 0.5) is 0 Å². The highest BCUT2D eigenvalue weighted by Crippen LogP contribution is 2.10. The average molecular weight is 256 g/mol. The Kier molecular flexibility index (Phi) is 5.38. The van der Waals surface area contributed by atoms with E-state index in [9.17, 15) is 0 Å². The number of pyridine rings is 1. The maximum Gasteiger partial charge on any atom is 0.119 e. The van der Waals surface area contributed by atoms with Crippen LogP contribution in [-0.2, 0) is 0 Å². The predicted molar refractivity (Wildman–Crippen MR) is 77.2 cm³/mol. The molecule has 0 bridgehead atoms. The van der Waals surface area contributed by atoms with Crippen molar-refractivity contribution in [3.05, 3.63) is 60.4 Å². The summed E-state index contributed by atoms with van der Waals surface area (Å²) in [4.78, 5) is 4.02.